The van der Waals surface area contributed by atoms with Gasteiger partial charge in [-0.1, -0.05) is 42.5 Å². The Kier molecular flexibility index (Phi) is 4.11. The molecule has 0 saturated carbocycles. The maximum absolute atomic E-state index is 11.4. The third-order valence-corrected chi connectivity index (χ3v) is 4.15. The summed E-state index contributed by atoms with van der Waals surface area (Å²) >= 11 is 0. The summed E-state index contributed by atoms with van der Waals surface area (Å²) in [7, 11) is 1.34. The van der Waals surface area contributed by atoms with Gasteiger partial charge in [0.05, 0.1) is 23.8 Å². The molecule has 0 spiro atoms. The van der Waals surface area contributed by atoms with Crippen LogP contribution in [0.5, 0.6) is 0 Å². The zero-order chi connectivity index (χ0) is 17.9. The van der Waals surface area contributed by atoms with E-state index in [1.54, 1.807) is 0 Å². The van der Waals surface area contributed by atoms with Crippen LogP contribution in [-0.2, 0) is 4.74 Å². The third-order valence-electron chi connectivity index (χ3n) is 4.15. The lowest BCUT2D eigenvalue weighted by atomic mass is 10.1. The highest BCUT2D eigenvalue weighted by molar-refractivity contribution is 6.08. The number of pyridine rings is 1. The number of amides is 1. The number of ether oxygens (including phenoxy) is 1. The van der Waals surface area contributed by atoms with Crippen LogP contribution in [0.4, 0.5) is 21.9 Å². The summed E-state index contributed by atoms with van der Waals surface area (Å²) in [6, 6.07) is 23.6. The maximum Gasteiger partial charge on any atom is 0.411 e. The standard InChI is InChI=1S/C21H17N3O2/c1-26-21(25)23-15-8-6-7-14(13-15)22-20-16-9-2-4-11-18(16)24-19-12-5-3-10-17(19)20/h2-13H,1H3,(H,22,24)(H,23,25). The first-order valence-electron chi connectivity index (χ1n) is 8.24. The summed E-state index contributed by atoms with van der Waals surface area (Å²) in [4.78, 5) is 16.2. The normalized spacial score (nSPS) is 10.7. The molecule has 4 rings (SSSR count). The van der Waals surface area contributed by atoms with Gasteiger partial charge in [0.15, 0.2) is 0 Å². The molecule has 0 aliphatic heterocycles. The van der Waals surface area contributed by atoms with Gasteiger partial charge in [0.2, 0.25) is 0 Å². The summed E-state index contributed by atoms with van der Waals surface area (Å²) in [5, 5.41) is 8.25. The minimum absolute atomic E-state index is 0.498. The van der Waals surface area contributed by atoms with Crippen LogP contribution in [0, 0.1) is 0 Å². The second-order valence-electron chi connectivity index (χ2n) is 5.84. The van der Waals surface area contributed by atoms with Gasteiger partial charge >= 0.3 is 6.09 Å². The number of hydrogen-bond donors (Lipinski definition) is 2. The Morgan fingerprint density at radius 3 is 2.12 bits per heavy atom. The lowest BCUT2D eigenvalue weighted by molar-refractivity contribution is 0.187. The quantitative estimate of drug-likeness (QED) is 0.495. The van der Waals surface area contributed by atoms with Crippen LogP contribution in [0.1, 0.15) is 0 Å². The molecule has 128 valence electrons. The minimum Gasteiger partial charge on any atom is -0.453 e. The number of carbonyl (C=O) groups excluding carboxylic acids is 1. The van der Waals surface area contributed by atoms with Crippen molar-refractivity contribution < 1.29 is 9.53 Å². The predicted octanol–water partition coefficient (Wildman–Crippen LogP) is 5.31. The number of benzene rings is 3. The molecular weight excluding hydrogens is 326 g/mol. The highest BCUT2D eigenvalue weighted by atomic mass is 16.5. The van der Waals surface area contributed by atoms with E-state index >= 15 is 0 Å². The Morgan fingerprint density at radius 2 is 1.46 bits per heavy atom. The first-order valence-corrected chi connectivity index (χ1v) is 8.24. The van der Waals surface area contributed by atoms with E-state index in [4.69, 9.17) is 4.98 Å². The Hall–Kier alpha value is -3.60. The third kappa shape index (κ3) is 3.02. The summed E-state index contributed by atoms with van der Waals surface area (Å²) in [5.74, 6) is 0. The van der Waals surface area contributed by atoms with Crippen molar-refractivity contribution in [2.75, 3.05) is 17.7 Å². The van der Waals surface area contributed by atoms with Crippen molar-refractivity contribution >= 4 is 45.0 Å². The van der Waals surface area contributed by atoms with Crippen molar-refractivity contribution in [2.24, 2.45) is 0 Å². The summed E-state index contributed by atoms with van der Waals surface area (Å²) in [6.07, 6.45) is -0.498. The monoisotopic (exact) mass is 343 g/mol. The van der Waals surface area contributed by atoms with E-state index in [2.05, 4.69) is 15.4 Å². The minimum atomic E-state index is -0.498. The van der Waals surface area contributed by atoms with Crippen LogP contribution < -0.4 is 10.6 Å². The van der Waals surface area contributed by atoms with E-state index < -0.39 is 6.09 Å². The molecule has 1 aromatic heterocycles. The van der Waals surface area contributed by atoms with Crippen molar-refractivity contribution in [1.82, 2.24) is 4.98 Å². The largest absolute Gasteiger partial charge is 0.453 e. The second-order valence-corrected chi connectivity index (χ2v) is 5.84. The van der Waals surface area contributed by atoms with Crippen LogP contribution in [0.25, 0.3) is 21.8 Å². The van der Waals surface area contributed by atoms with Crippen LogP contribution in [-0.4, -0.2) is 18.2 Å². The van der Waals surface area contributed by atoms with E-state index in [9.17, 15) is 4.79 Å². The number of rotatable bonds is 3. The van der Waals surface area contributed by atoms with Crippen LogP contribution in [0.2, 0.25) is 0 Å². The van der Waals surface area contributed by atoms with Crippen molar-refractivity contribution in [3.05, 3.63) is 72.8 Å². The van der Waals surface area contributed by atoms with Gasteiger partial charge < -0.3 is 10.1 Å². The Balaban J connectivity index is 1.81. The smallest absolute Gasteiger partial charge is 0.411 e. The summed E-state index contributed by atoms with van der Waals surface area (Å²) in [5.41, 5.74) is 4.36. The number of anilines is 3. The molecule has 0 bridgehead atoms. The topological polar surface area (TPSA) is 63.2 Å². The molecule has 0 fully saturated rings. The zero-order valence-electron chi connectivity index (χ0n) is 14.2. The molecule has 0 unspecified atom stereocenters. The SMILES string of the molecule is COC(=O)Nc1cccc(Nc2c3ccccc3nc3ccccc23)c1. The molecule has 1 amide bonds. The number of para-hydroxylation sites is 2. The van der Waals surface area contributed by atoms with E-state index in [-0.39, 0.29) is 0 Å². The molecule has 3 aromatic carbocycles. The number of methoxy groups -OCH3 is 1. The molecule has 0 saturated heterocycles. The fraction of sp³-hybridized carbons (Fsp3) is 0.0476. The van der Waals surface area contributed by atoms with E-state index in [1.807, 2.05) is 72.8 Å². The average Bonchev–Trinajstić information content (AvgIpc) is 2.68. The van der Waals surface area contributed by atoms with Gasteiger partial charge in [-0.25, -0.2) is 9.78 Å². The number of nitrogens with one attached hydrogen (secondary N) is 2. The number of carbonyl (C=O) groups is 1. The second kappa shape index (κ2) is 6.72. The molecule has 0 radical (unpaired) electrons. The molecule has 2 N–H and O–H groups in total. The van der Waals surface area contributed by atoms with Gasteiger partial charge in [-0.15, -0.1) is 0 Å². The first-order chi connectivity index (χ1) is 12.7. The molecular formula is C21H17N3O2. The predicted molar refractivity (Wildman–Crippen MR) is 105 cm³/mol. The van der Waals surface area contributed by atoms with Crippen molar-refractivity contribution in [3.63, 3.8) is 0 Å². The van der Waals surface area contributed by atoms with Crippen LogP contribution in [0.3, 0.4) is 0 Å². The van der Waals surface area contributed by atoms with Crippen molar-refractivity contribution in [2.45, 2.75) is 0 Å². The van der Waals surface area contributed by atoms with Crippen molar-refractivity contribution in [3.8, 4) is 0 Å². The summed E-state index contributed by atoms with van der Waals surface area (Å²) in [6.45, 7) is 0. The van der Waals surface area contributed by atoms with Gasteiger partial charge in [0.25, 0.3) is 0 Å². The van der Waals surface area contributed by atoms with Gasteiger partial charge in [-0.05, 0) is 30.3 Å². The highest BCUT2D eigenvalue weighted by Gasteiger charge is 2.09. The van der Waals surface area contributed by atoms with Crippen LogP contribution in [0.15, 0.2) is 72.8 Å². The van der Waals surface area contributed by atoms with Gasteiger partial charge in [-0.2, -0.15) is 0 Å². The zero-order valence-corrected chi connectivity index (χ0v) is 14.2. The van der Waals surface area contributed by atoms with E-state index in [1.165, 1.54) is 7.11 Å². The summed E-state index contributed by atoms with van der Waals surface area (Å²) < 4.78 is 4.65. The maximum atomic E-state index is 11.4. The number of fused-ring (bicyclic) bond motifs is 2. The van der Waals surface area contributed by atoms with Crippen molar-refractivity contribution in [1.29, 1.82) is 0 Å². The lowest BCUT2D eigenvalue weighted by Crippen LogP contribution is -2.10. The van der Waals surface area contributed by atoms with Crippen LogP contribution >= 0.6 is 0 Å². The molecule has 5 nitrogen and oxygen atoms in total. The fourth-order valence-electron chi connectivity index (χ4n) is 2.96. The van der Waals surface area contributed by atoms with Gasteiger partial charge in [0, 0.05) is 22.1 Å². The molecule has 5 heteroatoms. The molecule has 0 atom stereocenters. The first kappa shape index (κ1) is 15.9. The Bertz CT molecular complexity index is 1050. The lowest BCUT2D eigenvalue weighted by Gasteiger charge is -2.14. The Labute approximate surface area is 150 Å². The Morgan fingerprint density at radius 1 is 0.846 bits per heavy atom. The fourth-order valence-corrected chi connectivity index (χ4v) is 2.96. The average molecular weight is 343 g/mol. The molecule has 1 heterocycles. The molecule has 4 aromatic rings. The molecule has 26 heavy (non-hydrogen) atoms. The van der Waals surface area contributed by atoms with E-state index in [0.29, 0.717) is 5.69 Å². The van der Waals surface area contributed by atoms with Gasteiger partial charge in [0.1, 0.15) is 0 Å². The highest BCUT2D eigenvalue weighted by Crippen LogP contribution is 2.33. The van der Waals surface area contributed by atoms with Gasteiger partial charge in [-0.3, -0.25) is 5.32 Å². The molecule has 0 aliphatic carbocycles. The number of aromatic nitrogens is 1. The number of hydrogen-bond acceptors (Lipinski definition) is 4. The van der Waals surface area contributed by atoms with E-state index in [0.717, 1.165) is 33.2 Å². The molecule has 0 aliphatic rings. The number of nitrogens with zero attached hydrogens (tertiary/aromatic N) is 1.